The van der Waals surface area contributed by atoms with Gasteiger partial charge in [0.05, 0.1) is 0 Å². The highest BCUT2D eigenvalue weighted by molar-refractivity contribution is 5.92. The molecular weight excluding hydrogens is 401 g/mol. The first-order valence-corrected chi connectivity index (χ1v) is 10.8. The number of unbranched alkanes of at least 4 members (excludes halogenated alkanes) is 4. The predicted octanol–water partition coefficient (Wildman–Crippen LogP) is 7.79. The van der Waals surface area contributed by atoms with Gasteiger partial charge >= 0.3 is 5.97 Å². The molecule has 0 atom stereocenters. The van der Waals surface area contributed by atoms with Crippen molar-refractivity contribution >= 4 is 11.5 Å². The van der Waals surface area contributed by atoms with E-state index < -0.39 is 29.0 Å². The number of ether oxygens (including phenoxy) is 1. The minimum absolute atomic E-state index is 0.0108. The molecule has 5 heteroatoms. The molecule has 2 nitrogen and oxygen atoms in total. The molecule has 2 aromatic carbocycles. The van der Waals surface area contributed by atoms with Crippen molar-refractivity contribution in [3.05, 3.63) is 82.7 Å². The third kappa shape index (κ3) is 6.33. The maximum Gasteiger partial charge on any atom is 0.349 e. The van der Waals surface area contributed by atoms with Gasteiger partial charge in [-0.1, -0.05) is 50.3 Å². The summed E-state index contributed by atoms with van der Waals surface area (Å²) >= 11 is 0. The Balaban J connectivity index is 1.67. The molecule has 0 unspecified atom stereocenters. The molecule has 0 amide bonds. The van der Waals surface area contributed by atoms with E-state index in [0.717, 1.165) is 30.5 Å². The topological polar surface area (TPSA) is 26.3 Å². The van der Waals surface area contributed by atoms with Crippen LogP contribution in [0.25, 0.3) is 5.57 Å². The number of esters is 1. The smallest absolute Gasteiger partial charge is 0.349 e. The Kier molecular flexibility index (Phi) is 8.10. The molecule has 0 fully saturated rings. The summed E-state index contributed by atoms with van der Waals surface area (Å²) in [6.45, 7) is 2.20. The molecule has 0 saturated carbocycles. The van der Waals surface area contributed by atoms with Gasteiger partial charge in [-0.2, -0.15) is 0 Å². The minimum atomic E-state index is -1.16. The van der Waals surface area contributed by atoms with Crippen molar-refractivity contribution in [2.45, 2.75) is 58.3 Å². The number of rotatable bonds is 9. The van der Waals surface area contributed by atoms with E-state index in [1.807, 2.05) is 12.2 Å². The highest BCUT2D eigenvalue weighted by Gasteiger charge is 2.22. The zero-order valence-corrected chi connectivity index (χ0v) is 17.7. The second-order valence-electron chi connectivity index (χ2n) is 7.84. The van der Waals surface area contributed by atoms with Crippen molar-refractivity contribution in [1.29, 1.82) is 0 Å². The summed E-state index contributed by atoms with van der Waals surface area (Å²) in [5.74, 6) is -3.61. The van der Waals surface area contributed by atoms with Crippen LogP contribution in [0.2, 0.25) is 0 Å². The van der Waals surface area contributed by atoms with E-state index in [2.05, 4.69) is 6.92 Å². The molecule has 0 N–H and O–H groups in total. The summed E-state index contributed by atoms with van der Waals surface area (Å²) in [4.78, 5) is 12.2. The van der Waals surface area contributed by atoms with Crippen molar-refractivity contribution in [3.63, 3.8) is 0 Å². The fourth-order valence-electron chi connectivity index (χ4n) is 3.70. The summed E-state index contributed by atoms with van der Waals surface area (Å²) in [5.41, 5.74) is 1.87. The fourth-order valence-corrected chi connectivity index (χ4v) is 3.70. The summed E-state index contributed by atoms with van der Waals surface area (Å²) in [6, 6.07) is 6.97. The largest absolute Gasteiger partial charge is 0.423 e. The Bertz CT molecular complexity index is 952. The predicted molar refractivity (Wildman–Crippen MR) is 116 cm³/mol. The van der Waals surface area contributed by atoms with E-state index in [1.54, 1.807) is 0 Å². The van der Waals surface area contributed by atoms with Crippen molar-refractivity contribution in [1.82, 2.24) is 0 Å². The Morgan fingerprint density at radius 3 is 2.19 bits per heavy atom. The van der Waals surface area contributed by atoms with Crippen LogP contribution in [0.15, 0.2) is 54.1 Å². The molecule has 1 aliphatic carbocycles. The number of carbonyl (C=O) groups excluding carboxylic acids is 1. The maximum atomic E-state index is 14.6. The molecule has 0 aliphatic heterocycles. The average Bonchev–Trinajstić information content (AvgIpc) is 2.75. The van der Waals surface area contributed by atoms with Gasteiger partial charge in [-0.3, -0.25) is 0 Å². The fraction of sp³-hybridized carbons (Fsp3) is 0.346. The van der Waals surface area contributed by atoms with Crippen molar-refractivity contribution in [3.8, 4) is 5.75 Å². The van der Waals surface area contributed by atoms with Crippen molar-refractivity contribution < 1.29 is 22.7 Å². The zero-order chi connectivity index (χ0) is 22.2. The lowest BCUT2D eigenvalue weighted by molar-refractivity contribution is 0.0724. The van der Waals surface area contributed by atoms with Gasteiger partial charge in [0.1, 0.15) is 28.8 Å². The first kappa shape index (κ1) is 22.9. The van der Waals surface area contributed by atoms with Crippen LogP contribution in [0.5, 0.6) is 5.75 Å². The van der Waals surface area contributed by atoms with E-state index in [1.165, 1.54) is 61.9 Å². The van der Waals surface area contributed by atoms with Crippen LogP contribution in [-0.2, 0) is 0 Å². The van der Waals surface area contributed by atoms with Gasteiger partial charge in [-0.05, 0) is 73.2 Å². The van der Waals surface area contributed by atoms with Gasteiger partial charge < -0.3 is 4.74 Å². The Morgan fingerprint density at radius 1 is 0.903 bits per heavy atom. The summed E-state index contributed by atoms with van der Waals surface area (Å²) in [7, 11) is 0. The van der Waals surface area contributed by atoms with Gasteiger partial charge in [-0.25, -0.2) is 18.0 Å². The summed E-state index contributed by atoms with van der Waals surface area (Å²) < 4.78 is 47.1. The molecule has 0 aromatic heterocycles. The SMILES string of the molecule is CCCCCCCC1=CC=C(c2cc(F)c(C(=O)Oc3ccc(F)cc3)c(F)c2)CC1. The van der Waals surface area contributed by atoms with Crippen LogP contribution in [0, 0.1) is 17.5 Å². The third-order valence-electron chi connectivity index (χ3n) is 5.48. The molecule has 164 valence electrons. The standard InChI is InChI=1S/C26H27F3O2/c1-2-3-4-5-6-7-18-8-10-19(11-9-18)20-16-23(28)25(24(29)17-20)26(30)31-22-14-12-21(27)13-15-22/h8,10,12-17H,2-7,9,11H2,1H3. The molecule has 0 saturated heterocycles. The monoisotopic (exact) mass is 428 g/mol. The highest BCUT2D eigenvalue weighted by atomic mass is 19.1. The number of allylic oxidation sites excluding steroid dienone is 4. The van der Waals surface area contributed by atoms with Gasteiger partial charge in [0.15, 0.2) is 0 Å². The number of benzene rings is 2. The lowest BCUT2D eigenvalue weighted by atomic mass is 9.90. The van der Waals surface area contributed by atoms with E-state index in [-0.39, 0.29) is 5.75 Å². The molecular formula is C26H27F3O2. The second-order valence-corrected chi connectivity index (χ2v) is 7.84. The van der Waals surface area contributed by atoms with E-state index >= 15 is 0 Å². The first-order valence-electron chi connectivity index (χ1n) is 10.8. The van der Waals surface area contributed by atoms with Crippen LogP contribution in [0.1, 0.15) is 74.2 Å². The Hall–Kier alpha value is -2.82. The van der Waals surface area contributed by atoms with Crippen LogP contribution in [-0.4, -0.2) is 5.97 Å². The third-order valence-corrected chi connectivity index (χ3v) is 5.48. The molecule has 0 bridgehead atoms. The van der Waals surface area contributed by atoms with Gasteiger partial charge in [0, 0.05) is 0 Å². The van der Waals surface area contributed by atoms with E-state index in [9.17, 15) is 18.0 Å². The molecule has 31 heavy (non-hydrogen) atoms. The summed E-state index contributed by atoms with van der Waals surface area (Å²) in [5, 5.41) is 0. The molecule has 0 spiro atoms. The molecule has 0 heterocycles. The quantitative estimate of drug-likeness (QED) is 0.231. The molecule has 1 aliphatic rings. The summed E-state index contributed by atoms with van der Waals surface area (Å²) in [6.07, 6.45) is 12.8. The van der Waals surface area contributed by atoms with Gasteiger partial charge in [-0.15, -0.1) is 0 Å². The van der Waals surface area contributed by atoms with E-state index in [4.69, 9.17) is 4.74 Å². The minimum Gasteiger partial charge on any atom is -0.423 e. The zero-order valence-electron chi connectivity index (χ0n) is 17.7. The van der Waals surface area contributed by atoms with Crippen LogP contribution in [0.3, 0.4) is 0 Å². The van der Waals surface area contributed by atoms with Crippen molar-refractivity contribution in [2.24, 2.45) is 0 Å². The Morgan fingerprint density at radius 2 is 1.58 bits per heavy atom. The van der Waals surface area contributed by atoms with Crippen molar-refractivity contribution in [2.75, 3.05) is 0 Å². The lowest BCUT2D eigenvalue weighted by Gasteiger charge is -2.16. The maximum absolute atomic E-state index is 14.6. The number of halogens is 3. The normalized spacial score (nSPS) is 13.5. The number of carbonyl (C=O) groups is 1. The van der Waals surface area contributed by atoms with Crippen LogP contribution in [0.4, 0.5) is 13.2 Å². The van der Waals surface area contributed by atoms with Crippen LogP contribution < -0.4 is 4.74 Å². The van der Waals surface area contributed by atoms with Crippen LogP contribution >= 0.6 is 0 Å². The van der Waals surface area contributed by atoms with Gasteiger partial charge in [0.2, 0.25) is 0 Å². The second kappa shape index (κ2) is 11.0. The highest BCUT2D eigenvalue weighted by Crippen LogP contribution is 2.31. The number of hydrogen-bond acceptors (Lipinski definition) is 2. The first-order chi connectivity index (χ1) is 15.0. The van der Waals surface area contributed by atoms with E-state index in [0.29, 0.717) is 12.0 Å². The number of hydrogen-bond donors (Lipinski definition) is 0. The van der Waals surface area contributed by atoms with Gasteiger partial charge in [0.25, 0.3) is 0 Å². The molecule has 0 radical (unpaired) electrons. The molecule has 3 rings (SSSR count). The average molecular weight is 428 g/mol. The molecule has 2 aromatic rings. The lowest BCUT2D eigenvalue weighted by Crippen LogP contribution is -2.14. The Labute approximate surface area is 181 Å².